The fourth-order valence-corrected chi connectivity index (χ4v) is 2.46. The molecular weight excluding hydrogens is 386 g/mol. The Bertz CT molecular complexity index is 703. The number of aromatic nitrogens is 1. The van der Waals surface area contributed by atoms with Crippen LogP contribution >= 0.6 is 15.9 Å². The van der Waals surface area contributed by atoms with E-state index in [1.807, 2.05) is 38.1 Å². The fourth-order valence-electron chi connectivity index (χ4n) is 2.09. The number of pyridine rings is 1. The Hall–Kier alpha value is -2.12. The molecule has 1 heterocycles. The first kappa shape index (κ1) is 19.2. The standard InChI is InChI=1S/C18H22BrN3O3/c1-3-18(24,4-2)12-21-17(23)22-14-8-9-16(20-11-14)25-15-7-5-6-13(19)10-15/h5-11,24H,3-4,12H2,1-2H3,(H2,21,22,23). The fraction of sp³-hybridized carbons (Fsp3) is 0.333. The lowest BCUT2D eigenvalue weighted by molar-refractivity contribution is 0.0354. The van der Waals surface area contributed by atoms with E-state index < -0.39 is 5.60 Å². The van der Waals surface area contributed by atoms with Gasteiger partial charge in [-0.25, -0.2) is 9.78 Å². The van der Waals surface area contributed by atoms with Crippen LogP contribution in [0, 0.1) is 0 Å². The quantitative estimate of drug-likeness (QED) is 0.638. The van der Waals surface area contributed by atoms with Crippen molar-refractivity contribution in [3.63, 3.8) is 0 Å². The van der Waals surface area contributed by atoms with Gasteiger partial charge in [-0.15, -0.1) is 0 Å². The number of anilines is 1. The Morgan fingerprint density at radius 3 is 2.64 bits per heavy atom. The van der Waals surface area contributed by atoms with Crippen LogP contribution in [0.3, 0.4) is 0 Å². The molecule has 0 aliphatic carbocycles. The molecule has 1 aromatic carbocycles. The number of carbonyl (C=O) groups is 1. The first-order valence-electron chi connectivity index (χ1n) is 8.11. The molecule has 0 radical (unpaired) electrons. The highest BCUT2D eigenvalue weighted by atomic mass is 79.9. The molecule has 3 N–H and O–H groups in total. The molecule has 2 amide bonds. The van der Waals surface area contributed by atoms with Gasteiger partial charge in [-0.1, -0.05) is 35.8 Å². The molecule has 134 valence electrons. The van der Waals surface area contributed by atoms with Gasteiger partial charge in [0.05, 0.1) is 17.5 Å². The first-order chi connectivity index (χ1) is 11.9. The molecule has 0 atom stereocenters. The molecule has 0 bridgehead atoms. The zero-order valence-corrected chi connectivity index (χ0v) is 15.8. The van der Waals surface area contributed by atoms with Gasteiger partial charge in [0.2, 0.25) is 5.88 Å². The summed E-state index contributed by atoms with van der Waals surface area (Å²) in [6, 6.07) is 10.4. The SMILES string of the molecule is CCC(O)(CC)CNC(=O)Nc1ccc(Oc2cccc(Br)c2)nc1. The predicted molar refractivity (Wildman–Crippen MR) is 101 cm³/mol. The predicted octanol–water partition coefficient (Wildman–Crippen LogP) is 4.31. The van der Waals surface area contributed by atoms with E-state index in [9.17, 15) is 9.90 Å². The highest BCUT2D eigenvalue weighted by Gasteiger charge is 2.22. The van der Waals surface area contributed by atoms with Crippen LogP contribution in [0.2, 0.25) is 0 Å². The summed E-state index contributed by atoms with van der Waals surface area (Å²) in [5.74, 6) is 1.09. The maximum absolute atomic E-state index is 11.9. The van der Waals surface area contributed by atoms with Gasteiger partial charge in [0, 0.05) is 17.1 Å². The molecule has 6 nitrogen and oxygen atoms in total. The number of ether oxygens (including phenoxy) is 1. The zero-order chi connectivity index (χ0) is 18.3. The van der Waals surface area contributed by atoms with Gasteiger partial charge in [-0.05, 0) is 37.1 Å². The Kier molecular flexibility index (Phi) is 6.78. The van der Waals surface area contributed by atoms with Crippen molar-refractivity contribution in [3.8, 4) is 11.6 Å². The lowest BCUT2D eigenvalue weighted by atomic mass is 9.98. The largest absolute Gasteiger partial charge is 0.439 e. The van der Waals surface area contributed by atoms with Crippen LogP contribution in [0.25, 0.3) is 0 Å². The first-order valence-corrected chi connectivity index (χ1v) is 8.90. The van der Waals surface area contributed by atoms with Crippen molar-refractivity contribution in [1.82, 2.24) is 10.3 Å². The van der Waals surface area contributed by atoms with Gasteiger partial charge >= 0.3 is 6.03 Å². The van der Waals surface area contributed by atoms with Crippen molar-refractivity contribution < 1.29 is 14.6 Å². The van der Waals surface area contributed by atoms with Crippen LogP contribution < -0.4 is 15.4 Å². The summed E-state index contributed by atoms with van der Waals surface area (Å²) < 4.78 is 6.55. The topological polar surface area (TPSA) is 83.5 Å². The summed E-state index contributed by atoms with van der Waals surface area (Å²) in [7, 11) is 0. The zero-order valence-electron chi connectivity index (χ0n) is 14.3. The minimum Gasteiger partial charge on any atom is -0.439 e. The van der Waals surface area contributed by atoms with E-state index in [4.69, 9.17) is 4.74 Å². The van der Waals surface area contributed by atoms with Crippen molar-refractivity contribution in [1.29, 1.82) is 0 Å². The van der Waals surface area contributed by atoms with Crippen molar-refractivity contribution in [2.24, 2.45) is 0 Å². The minimum absolute atomic E-state index is 0.198. The summed E-state index contributed by atoms with van der Waals surface area (Å²) in [6.45, 7) is 3.97. The summed E-state index contributed by atoms with van der Waals surface area (Å²) in [5.41, 5.74) is -0.340. The summed E-state index contributed by atoms with van der Waals surface area (Å²) in [6.07, 6.45) is 2.67. The second-order valence-electron chi connectivity index (χ2n) is 5.68. The lowest BCUT2D eigenvalue weighted by Crippen LogP contribution is -2.43. The number of aliphatic hydroxyl groups is 1. The van der Waals surface area contributed by atoms with Gasteiger partial charge in [-0.3, -0.25) is 0 Å². The van der Waals surface area contributed by atoms with Crippen LogP contribution in [0.5, 0.6) is 11.6 Å². The molecule has 0 fully saturated rings. The number of hydrogen-bond acceptors (Lipinski definition) is 4. The van der Waals surface area contributed by atoms with Crippen molar-refractivity contribution in [3.05, 3.63) is 47.1 Å². The summed E-state index contributed by atoms with van der Waals surface area (Å²) in [5, 5.41) is 15.5. The van der Waals surface area contributed by atoms with Crippen LogP contribution in [-0.2, 0) is 0 Å². The van der Waals surface area contributed by atoms with Crippen LogP contribution in [0.15, 0.2) is 47.1 Å². The number of amides is 2. The van der Waals surface area contributed by atoms with Gasteiger partial charge in [-0.2, -0.15) is 0 Å². The number of nitrogens with one attached hydrogen (secondary N) is 2. The molecule has 1 aromatic heterocycles. The molecule has 0 aliphatic heterocycles. The lowest BCUT2D eigenvalue weighted by Gasteiger charge is -2.25. The van der Waals surface area contributed by atoms with Crippen LogP contribution in [0.1, 0.15) is 26.7 Å². The average molecular weight is 408 g/mol. The van der Waals surface area contributed by atoms with E-state index in [-0.39, 0.29) is 12.6 Å². The maximum Gasteiger partial charge on any atom is 0.319 e. The van der Waals surface area contributed by atoms with Gasteiger partial charge in [0.25, 0.3) is 0 Å². The third-order valence-corrected chi connectivity index (χ3v) is 4.40. The molecule has 0 spiro atoms. The van der Waals surface area contributed by atoms with E-state index in [0.29, 0.717) is 30.2 Å². The van der Waals surface area contributed by atoms with E-state index in [1.54, 1.807) is 12.1 Å². The number of urea groups is 1. The summed E-state index contributed by atoms with van der Waals surface area (Å²) >= 11 is 3.38. The number of benzene rings is 1. The Labute approximate surface area is 155 Å². The summed E-state index contributed by atoms with van der Waals surface area (Å²) in [4.78, 5) is 16.1. The third-order valence-electron chi connectivity index (χ3n) is 3.91. The number of nitrogens with zero attached hydrogens (tertiary/aromatic N) is 1. The van der Waals surface area contributed by atoms with E-state index in [0.717, 1.165) is 4.47 Å². The molecule has 2 rings (SSSR count). The van der Waals surface area contributed by atoms with Gasteiger partial charge in [0.1, 0.15) is 5.75 Å². The Morgan fingerprint density at radius 1 is 1.28 bits per heavy atom. The second-order valence-corrected chi connectivity index (χ2v) is 6.60. The number of hydrogen-bond donors (Lipinski definition) is 3. The van der Waals surface area contributed by atoms with Crippen molar-refractivity contribution in [2.75, 3.05) is 11.9 Å². The minimum atomic E-state index is -0.878. The van der Waals surface area contributed by atoms with E-state index in [1.165, 1.54) is 6.20 Å². The van der Waals surface area contributed by atoms with Crippen molar-refractivity contribution in [2.45, 2.75) is 32.3 Å². The normalized spacial score (nSPS) is 11.0. The second kappa shape index (κ2) is 8.82. The monoisotopic (exact) mass is 407 g/mol. The van der Waals surface area contributed by atoms with Crippen LogP contribution in [-0.4, -0.2) is 28.3 Å². The number of carbonyl (C=O) groups excluding carboxylic acids is 1. The molecular formula is C18H22BrN3O3. The third kappa shape index (κ3) is 6.03. The highest BCUT2D eigenvalue weighted by Crippen LogP contribution is 2.23. The molecule has 0 aliphatic rings. The Morgan fingerprint density at radius 2 is 2.04 bits per heavy atom. The van der Waals surface area contributed by atoms with Gasteiger partial charge < -0.3 is 20.5 Å². The smallest absolute Gasteiger partial charge is 0.319 e. The van der Waals surface area contributed by atoms with Crippen LogP contribution in [0.4, 0.5) is 10.5 Å². The molecule has 25 heavy (non-hydrogen) atoms. The van der Waals surface area contributed by atoms with Crippen molar-refractivity contribution >= 4 is 27.6 Å². The Balaban J connectivity index is 1.88. The molecule has 0 saturated carbocycles. The van der Waals surface area contributed by atoms with E-state index >= 15 is 0 Å². The number of rotatable bonds is 7. The van der Waals surface area contributed by atoms with Gasteiger partial charge in [0.15, 0.2) is 0 Å². The highest BCUT2D eigenvalue weighted by molar-refractivity contribution is 9.10. The number of halogens is 1. The molecule has 0 unspecified atom stereocenters. The maximum atomic E-state index is 11.9. The molecule has 0 saturated heterocycles. The van der Waals surface area contributed by atoms with E-state index in [2.05, 4.69) is 31.5 Å². The molecule has 7 heteroatoms. The average Bonchev–Trinajstić information content (AvgIpc) is 2.61. The molecule has 2 aromatic rings.